The van der Waals surface area contributed by atoms with Crippen LogP contribution in [0.1, 0.15) is 0 Å². The molecule has 0 bridgehead atoms. The normalized spacial score (nSPS) is 11.7. The highest BCUT2D eigenvalue weighted by Crippen LogP contribution is 2.39. The van der Waals surface area contributed by atoms with Crippen LogP contribution < -0.4 is 8.92 Å². The van der Waals surface area contributed by atoms with Gasteiger partial charge in [-0.25, -0.2) is 0 Å². The van der Waals surface area contributed by atoms with Crippen molar-refractivity contribution in [3.63, 3.8) is 0 Å². The third-order valence-electron chi connectivity index (χ3n) is 4.28. The van der Waals surface area contributed by atoms with E-state index in [1.807, 2.05) is 12.1 Å². The molecule has 8 heteroatoms. The number of hydrogen-bond acceptors (Lipinski definition) is 5. The first-order valence-electron chi connectivity index (χ1n) is 8.15. The van der Waals surface area contributed by atoms with Gasteiger partial charge in [-0.05, 0) is 40.2 Å². The van der Waals surface area contributed by atoms with E-state index in [2.05, 4.69) is 36.8 Å². The molecule has 0 fully saturated rings. The van der Waals surface area contributed by atoms with Crippen molar-refractivity contribution in [3.8, 4) is 11.5 Å². The van der Waals surface area contributed by atoms with E-state index >= 15 is 0 Å². The smallest absolute Gasteiger partial charge is 0.339 e. The average molecular weight is 523 g/mol. The number of hydrogen-bond donors (Lipinski definition) is 0. The number of halogens is 2. The van der Waals surface area contributed by atoms with Crippen molar-refractivity contribution < 1.29 is 17.3 Å². The summed E-state index contributed by atoms with van der Waals surface area (Å²) >= 11 is 6.85. The van der Waals surface area contributed by atoms with Crippen LogP contribution in [0.3, 0.4) is 0 Å². The summed E-state index contributed by atoms with van der Waals surface area (Å²) in [6.45, 7) is 0. The van der Waals surface area contributed by atoms with Gasteiger partial charge in [0.1, 0.15) is 16.2 Å². The Hall–Kier alpha value is -2.16. The fraction of sp³-hybridized carbons (Fsp3) is 0.0500. The van der Waals surface area contributed by atoms with Crippen LogP contribution in [0.25, 0.3) is 21.7 Å². The molecular formula is C20H13Br2NO4S. The first-order chi connectivity index (χ1) is 13.4. The minimum absolute atomic E-state index is 0.0581. The summed E-state index contributed by atoms with van der Waals surface area (Å²) in [6.07, 6.45) is 1.59. The molecule has 1 aromatic heterocycles. The second kappa shape index (κ2) is 7.35. The minimum atomic E-state index is -4.13. The summed E-state index contributed by atoms with van der Waals surface area (Å²) in [4.78, 5) is 4.36. The molecule has 0 amide bonds. The third kappa shape index (κ3) is 3.25. The van der Waals surface area contributed by atoms with Gasteiger partial charge in [-0.2, -0.15) is 8.42 Å². The van der Waals surface area contributed by atoms with Crippen LogP contribution in [0.5, 0.6) is 11.5 Å². The fourth-order valence-corrected chi connectivity index (χ4v) is 5.64. The van der Waals surface area contributed by atoms with Gasteiger partial charge >= 0.3 is 10.1 Å². The molecule has 0 aliphatic carbocycles. The molecule has 28 heavy (non-hydrogen) atoms. The minimum Gasteiger partial charge on any atom is -0.496 e. The molecular weight excluding hydrogens is 510 g/mol. The summed E-state index contributed by atoms with van der Waals surface area (Å²) in [5.41, 5.74) is 0.435. The first kappa shape index (κ1) is 19.2. The predicted octanol–water partition coefficient (Wildman–Crippen LogP) is 5.69. The predicted molar refractivity (Wildman–Crippen MR) is 115 cm³/mol. The van der Waals surface area contributed by atoms with Gasteiger partial charge < -0.3 is 8.92 Å². The second-order valence-corrected chi connectivity index (χ2v) is 9.14. The standard InChI is InChI=1S/C20H13Br2NO4S/c1-26-17-8-9-18(13-6-3-2-5-12(13)17)28(24,25)27-20-16(22)11-15(21)14-7-4-10-23-19(14)20/h2-11H,1H3. The Bertz CT molecular complexity index is 1320. The molecule has 0 aliphatic rings. The van der Waals surface area contributed by atoms with E-state index < -0.39 is 10.1 Å². The van der Waals surface area contributed by atoms with Crippen LogP contribution in [0.4, 0.5) is 0 Å². The molecule has 0 saturated heterocycles. The molecule has 142 valence electrons. The van der Waals surface area contributed by atoms with Crippen molar-refractivity contribution in [1.82, 2.24) is 4.98 Å². The number of rotatable bonds is 4. The zero-order chi connectivity index (χ0) is 19.9. The van der Waals surface area contributed by atoms with Gasteiger partial charge in [-0.15, -0.1) is 0 Å². The van der Waals surface area contributed by atoms with Crippen LogP contribution >= 0.6 is 31.9 Å². The molecule has 4 rings (SSSR count). The van der Waals surface area contributed by atoms with E-state index in [0.29, 0.717) is 26.5 Å². The van der Waals surface area contributed by atoms with E-state index in [9.17, 15) is 8.42 Å². The van der Waals surface area contributed by atoms with E-state index in [0.717, 1.165) is 9.86 Å². The number of ether oxygens (including phenoxy) is 1. The Morgan fingerprint density at radius 1 is 0.893 bits per heavy atom. The lowest BCUT2D eigenvalue weighted by Crippen LogP contribution is -2.11. The molecule has 0 unspecified atom stereocenters. The highest BCUT2D eigenvalue weighted by atomic mass is 79.9. The maximum absolute atomic E-state index is 13.2. The van der Waals surface area contributed by atoms with Gasteiger partial charge in [-0.1, -0.05) is 46.3 Å². The number of fused-ring (bicyclic) bond motifs is 2. The van der Waals surface area contributed by atoms with Crippen LogP contribution in [0.2, 0.25) is 0 Å². The van der Waals surface area contributed by atoms with Gasteiger partial charge in [0, 0.05) is 26.8 Å². The van der Waals surface area contributed by atoms with Crippen LogP contribution in [-0.4, -0.2) is 20.5 Å². The summed E-state index contributed by atoms with van der Waals surface area (Å²) in [6, 6.07) is 15.6. The Kier molecular flexibility index (Phi) is 5.03. The van der Waals surface area contributed by atoms with Gasteiger partial charge in [-0.3, -0.25) is 4.98 Å². The van der Waals surface area contributed by atoms with Gasteiger partial charge in [0.05, 0.1) is 11.6 Å². The summed E-state index contributed by atoms with van der Waals surface area (Å²) in [5, 5.41) is 1.95. The molecule has 0 aliphatic heterocycles. The molecule has 0 atom stereocenters. The molecule has 0 spiro atoms. The van der Waals surface area contributed by atoms with Gasteiger partial charge in [0.15, 0.2) is 5.75 Å². The lowest BCUT2D eigenvalue weighted by molar-refractivity contribution is 0.419. The van der Waals surface area contributed by atoms with E-state index in [4.69, 9.17) is 8.92 Å². The van der Waals surface area contributed by atoms with Crippen molar-refractivity contribution in [1.29, 1.82) is 0 Å². The summed E-state index contributed by atoms with van der Waals surface area (Å²) in [5.74, 6) is 0.727. The quantitative estimate of drug-likeness (QED) is 0.322. The lowest BCUT2D eigenvalue weighted by atomic mass is 10.1. The highest BCUT2D eigenvalue weighted by Gasteiger charge is 2.24. The van der Waals surface area contributed by atoms with Crippen molar-refractivity contribution in [2.24, 2.45) is 0 Å². The Morgan fingerprint density at radius 2 is 1.61 bits per heavy atom. The topological polar surface area (TPSA) is 65.5 Å². The Balaban J connectivity index is 1.91. The van der Waals surface area contributed by atoms with Gasteiger partial charge in [0.25, 0.3) is 0 Å². The summed E-state index contributed by atoms with van der Waals surface area (Å²) in [7, 11) is -2.59. The van der Waals surface area contributed by atoms with Gasteiger partial charge in [0.2, 0.25) is 0 Å². The molecule has 0 saturated carbocycles. The second-order valence-electron chi connectivity index (χ2n) is 5.92. The van der Waals surface area contributed by atoms with Crippen molar-refractivity contribution in [2.45, 2.75) is 4.90 Å². The molecule has 3 aromatic carbocycles. The van der Waals surface area contributed by atoms with Crippen molar-refractivity contribution in [3.05, 3.63) is 69.7 Å². The molecule has 4 aromatic rings. The number of aromatic nitrogens is 1. The SMILES string of the molecule is COc1ccc(S(=O)(=O)Oc2c(Br)cc(Br)c3cccnc23)c2ccccc12. The molecule has 0 N–H and O–H groups in total. The highest BCUT2D eigenvalue weighted by molar-refractivity contribution is 9.11. The van der Waals surface area contributed by atoms with E-state index in [1.165, 1.54) is 6.07 Å². The average Bonchev–Trinajstić information content (AvgIpc) is 2.70. The van der Waals surface area contributed by atoms with E-state index in [-0.39, 0.29) is 10.6 Å². The largest absolute Gasteiger partial charge is 0.496 e. The number of pyridine rings is 1. The number of benzene rings is 3. The van der Waals surface area contributed by atoms with Crippen molar-refractivity contribution >= 4 is 63.7 Å². The lowest BCUT2D eigenvalue weighted by Gasteiger charge is -2.14. The van der Waals surface area contributed by atoms with Crippen LogP contribution in [-0.2, 0) is 10.1 Å². The zero-order valence-corrected chi connectivity index (χ0v) is 18.5. The van der Waals surface area contributed by atoms with Crippen LogP contribution in [0.15, 0.2) is 74.6 Å². The maximum atomic E-state index is 13.2. The number of nitrogens with zero attached hydrogens (tertiary/aromatic N) is 1. The molecule has 0 radical (unpaired) electrons. The Labute approximate surface area is 178 Å². The Morgan fingerprint density at radius 3 is 2.36 bits per heavy atom. The monoisotopic (exact) mass is 521 g/mol. The number of methoxy groups -OCH3 is 1. The van der Waals surface area contributed by atoms with E-state index in [1.54, 1.807) is 49.7 Å². The molecule has 1 heterocycles. The van der Waals surface area contributed by atoms with Crippen LogP contribution in [0, 0.1) is 0 Å². The fourth-order valence-electron chi connectivity index (χ4n) is 3.02. The zero-order valence-electron chi connectivity index (χ0n) is 14.5. The third-order valence-corrected chi connectivity index (χ3v) is 6.80. The molecule has 5 nitrogen and oxygen atoms in total. The van der Waals surface area contributed by atoms with Crippen molar-refractivity contribution in [2.75, 3.05) is 7.11 Å². The summed E-state index contributed by atoms with van der Waals surface area (Å²) < 4.78 is 38.5. The first-order valence-corrected chi connectivity index (χ1v) is 11.1. The maximum Gasteiger partial charge on any atom is 0.339 e.